The Kier molecular flexibility index (Phi) is 7.42. The van der Waals surface area contributed by atoms with E-state index in [1.807, 2.05) is 18.2 Å². The van der Waals surface area contributed by atoms with E-state index in [0.29, 0.717) is 22.7 Å². The molecule has 8 nitrogen and oxygen atoms in total. The molecule has 2 saturated heterocycles. The van der Waals surface area contributed by atoms with Gasteiger partial charge in [0.15, 0.2) is 0 Å². The van der Waals surface area contributed by atoms with Crippen molar-refractivity contribution in [3.63, 3.8) is 0 Å². The lowest BCUT2D eigenvalue weighted by molar-refractivity contribution is -0.127. The van der Waals surface area contributed by atoms with Crippen molar-refractivity contribution in [1.29, 1.82) is 0 Å². The molecule has 0 radical (unpaired) electrons. The molecule has 2 aromatic rings. The van der Waals surface area contributed by atoms with Gasteiger partial charge in [-0.15, -0.1) is 0 Å². The van der Waals surface area contributed by atoms with E-state index in [9.17, 15) is 14.4 Å². The van der Waals surface area contributed by atoms with Crippen LogP contribution in [0.1, 0.15) is 24.8 Å². The highest BCUT2D eigenvalue weighted by molar-refractivity contribution is 8.18. The third kappa shape index (κ3) is 5.36. The van der Waals surface area contributed by atoms with E-state index in [0.717, 1.165) is 35.4 Å². The standard InChI is InChI=1S/C25H27N3O5S/c1-32-20-10-7-18(8-11-20)26-23(29)16-28-24(30)22(34-25(28)31)14-17-6-9-19(15-21(17)33-2)27-12-4-3-5-13-27/h6-11,14-15H,3-5,12-13,16H2,1-2H3,(H,26,29)/b22-14+. The molecule has 0 spiro atoms. The number of carbonyl (C=O) groups excluding carboxylic acids is 3. The third-order valence-corrected chi connectivity index (χ3v) is 6.68. The summed E-state index contributed by atoms with van der Waals surface area (Å²) in [7, 11) is 3.14. The number of piperidine rings is 1. The number of anilines is 2. The maximum absolute atomic E-state index is 12.9. The number of imide groups is 1. The number of rotatable bonds is 7. The zero-order chi connectivity index (χ0) is 24.1. The van der Waals surface area contributed by atoms with E-state index >= 15 is 0 Å². The van der Waals surface area contributed by atoms with Crippen LogP contribution >= 0.6 is 11.8 Å². The van der Waals surface area contributed by atoms with Crippen molar-refractivity contribution in [1.82, 2.24) is 4.90 Å². The molecule has 1 N–H and O–H groups in total. The smallest absolute Gasteiger partial charge is 0.294 e. The van der Waals surface area contributed by atoms with E-state index < -0.39 is 17.1 Å². The number of amides is 3. The first-order valence-corrected chi connectivity index (χ1v) is 11.9. The van der Waals surface area contributed by atoms with Crippen LogP contribution in [0.2, 0.25) is 0 Å². The van der Waals surface area contributed by atoms with Gasteiger partial charge >= 0.3 is 0 Å². The van der Waals surface area contributed by atoms with Crippen LogP contribution in [0.5, 0.6) is 11.5 Å². The molecule has 4 rings (SSSR count). The van der Waals surface area contributed by atoms with Crippen LogP contribution in [0, 0.1) is 0 Å². The quantitative estimate of drug-likeness (QED) is 0.588. The SMILES string of the molecule is COc1ccc(NC(=O)CN2C(=O)S/C(=C/c3ccc(N4CCCCC4)cc3OC)C2=O)cc1. The highest BCUT2D eigenvalue weighted by Crippen LogP contribution is 2.35. The second kappa shape index (κ2) is 10.6. The summed E-state index contributed by atoms with van der Waals surface area (Å²) in [6.07, 6.45) is 5.23. The fraction of sp³-hybridized carbons (Fsp3) is 0.320. The second-order valence-electron chi connectivity index (χ2n) is 8.02. The lowest BCUT2D eigenvalue weighted by Gasteiger charge is -2.29. The third-order valence-electron chi connectivity index (χ3n) is 5.77. The molecule has 2 fully saturated rings. The largest absolute Gasteiger partial charge is 0.497 e. The lowest BCUT2D eigenvalue weighted by Crippen LogP contribution is -2.36. The fourth-order valence-electron chi connectivity index (χ4n) is 3.96. The molecule has 2 heterocycles. The molecule has 178 valence electrons. The molecule has 2 aliphatic heterocycles. The molecule has 0 atom stereocenters. The van der Waals surface area contributed by atoms with Gasteiger partial charge in [0.05, 0.1) is 19.1 Å². The van der Waals surface area contributed by atoms with E-state index in [2.05, 4.69) is 10.2 Å². The van der Waals surface area contributed by atoms with Gasteiger partial charge in [-0.2, -0.15) is 0 Å². The Balaban J connectivity index is 1.45. The first-order chi connectivity index (χ1) is 16.5. The van der Waals surface area contributed by atoms with Crippen LogP contribution in [0.15, 0.2) is 47.4 Å². The number of benzene rings is 2. The molecule has 34 heavy (non-hydrogen) atoms. The van der Waals surface area contributed by atoms with E-state index in [1.165, 1.54) is 19.3 Å². The van der Waals surface area contributed by atoms with Gasteiger partial charge in [0.2, 0.25) is 5.91 Å². The van der Waals surface area contributed by atoms with E-state index in [-0.39, 0.29) is 11.4 Å². The topological polar surface area (TPSA) is 88.2 Å². The molecular weight excluding hydrogens is 454 g/mol. The number of hydrogen-bond donors (Lipinski definition) is 1. The molecule has 3 amide bonds. The molecule has 0 aliphatic carbocycles. The highest BCUT2D eigenvalue weighted by Gasteiger charge is 2.36. The molecule has 0 aromatic heterocycles. The highest BCUT2D eigenvalue weighted by atomic mass is 32.2. The summed E-state index contributed by atoms with van der Waals surface area (Å²) in [4.78, 5) is 41.3. The van der Waals surface area contributed by atoms with Crippen molar-refractivity contribution in [2.75, 3.05) is 44.1 Å². The Morgan fingerprint density at radius 2 is 1.76 bits per heavy atom. The van der Waals surface area contributed by atoms with Crippen LogP contribution in [-0.2, 0) is 9.59 Å². The Labute approximate surface area is 202 Å². The number of nitrogens with one attached hydrogen (secondary N) is 1. The zero-order valence-electron chi connectivity index (χ0n) is 19.2. The van der Waals surface area contributed by atoms with Crippen molar-refractivity contribution < 1.29 is 23.9 Å². The van der Waals surface area contributed by atoms with E-state index in [1.54, 1.807) is 44.6 Å². The van der Waals surface area contributed by atoms with Crippen LogP contribution in [0.3, 0.4) is 0 Å². The van der Waals surface area contributed by atoms with Gasteiger partial charge in [0, 0.05) is 36.1 Å². The van der Waals surface area contributed by atoms with Crippen LogP contribution in [0.4, 0.5) is 16.2 Å². The van der Waals surface area contributed by atoms with Crippen molar-refractivity contribution in [2.45, 2.75) is 19.3 Å². The van der Waals surface area contributed by atoms with Crippen LogP contribution in [-0.4, -0.2) is 55.8 Å². The Morgan fingerprint density at radius 1 is 1.03 bits per heavy atom. The molecule has 0 saturated carbocycles. The summed E-state index contributed by atoms with van der Waals surface area (Å²) >= 11 is 0.817. The van der Waals surface area contributed by atoms with Gasteiger partial charge in [-0.1, -0.05) is 0 Å². The number of hydrogen-bond acceptors (Lipinski definition) is 7. The zero-order valence-corrected chi connectivity index (χ0v) is 20.0. The van der Waals surface area contributed by atoms with Crippen LogP contribution < -0.4 is 19.7 Å². The summed E-state index contributed by atoms with van der Waals surface area (Å²) in [6, 6.07) is 12.7. The Bertz CT molecular complexity index is 1110. The summed E-state index contributed by atoms with van der Waals surface area (Å²) in [6.45, 7) is 1.67. The Hall–Kier alpha value is -3.46. The monoisotopic (exact) mass is 481 g/mol. The fourth-order valence-corrected chi connectivity index (χ4v) is 4.79. The predicted octanol–water partition coefficient (Wildman–Crippen LogP) is 4.37. The first-order valence-electron chi connectivity index (χ1n) is 11.1. The maximum atomic E-state index is 12.9. The minimum atomic E-state index is -0.498. The second-order valence-corrected chi connectivity index (χ2v) is 9.01. The summed E-state index contributed by atoms with van der Waals surface area (Å²) in [5, 5.41) is 2.21. The summed E-state index contributed by atoms with van der Waals surface area (Å²) in [5.74, 6) is 0.333. The average Bonchev–Trinajstić information content (AvgIpc) is 3.12. The van der Waals surface area contributed by atoms with Gasteiger partial charge in [-0.05, 0) is 73.5 Å². The van der Waals surface area contributed by atoms with Gasteiger partial charge in [-0.25, -0.2) is 0 Å². The average molecular weight is 482 g/mol. The Morgan fingerprint density at radius 3 is 2.44 bits per heavy atom. The van der Waals surface area contributed by atoms with Crippen molar-refractivity contribution >= 4 is 46.3 Å². The van der Waals surface area contributed by atoms with Crippen molar-refractivity contribution in [3.05, 3.63) is 52.9 Å². The molecule has 9 heteroatoms. The molecule has 0 unspecified atom stereocenters. The normalized spacial score (nSPS) is 17.3. The number of methoxy groups -OCH3 is 2. The number of ether oxygens (including phenoxy) is 2. The van der Waals surface area contributed by atoms with E-state index in [4.69, 9.17) is 9.47 Å². The summed E-state index contributed by atoms with van der Waals surface area (Å²) < 4.78 is 10.7. The molecule has 0 bridgehead atoms. The molecule has 2 aromatic carbocycles. The van der Waals surface area contributed by atoms with Crippen molar-refractivity contribution in [2.24, 2.45) is 0 Å². The summed E-state index contributed by atoms with van der Waals surface area (Å²) in [5.41, 5.74) is 2.33. The van der Waals surface area contributed by atoms with Gasteiger partial charge in [0.1, 0.15) is 18.0 Å². The van der Waals surface area contributed by atoms with Crippen molar-refractivity contribution in [3.8, 4) is 11.5 Å². The molecule has 2 aliphatic rings. The maximum Gasteiger partial charge on any atom is 0.294 e. The van der Waals surface area contributed by atoms with Gasteiger partial charge in [-0.3, -0.25) is 19.3 Å². The number of carbonyl (C=O) groups is 3. The lowest BCUT2D eigenvalue weighted by atomic mass is 10.1. The number of nitrogens with zero attached hydrogens (tertiary/aromatic N) is 2. The van der Waals surface area contributed by atoms with Gasteiger partial charge in [0.25, 0.3) is 11.1 Å². The minimum absolute atomic E-state index is 0.256. The number of thioether (sulfide) groups is 1. The minimum Gasteiger partial charge on any atom is -0.497 e. The first kappa shape index (κ1) is 23.7. The van der Waals surface area contributed by atoms with Gasteiger partial charge < -0.3 is 19.7 Å². The predicted molar refractivity (Wildman–Crippen MR) is 133 cm³/mol. The molecular formula is C25H27N3O5S. The van der Waals surface area contributed by atoms with Crippen LogP contribution in [0.25, 0.3) is 6.08 Å².